The number of ether oxygens (including phenoxy) is 2. The second-order valence-corrected chi connectivity index (χ2v) is 9.11. The van der Waals surface area contributed by atoms with Crippen molar-refractivity contribution >= 4 is 16.9 Å². The summed E-state index contributed by atoms with van der Waals surface area (Å²) in [7, 11) is 1.67. The van der Waals surface area contributed by atoms with Crippen molar-refractivity contribution in [1.82, 2.24) is 14.9 Å². The monoisotopic (exact) mass is 491 g/mol. The largest absolute Gasteiger partial charge is 0.493 e. The molecule has 3 aromatic rings. The fraction of sp³-hybridized carbons (Fsp3) is 0.467. The van der Waals surface area contributed by atoms with Gasteiger partial charge in [0.2, 0.25) is 5.91 Å². The topological polar surface area (TPSA) is 65.4 Å². The first-order valence-corrected chi connectivity index (χ1v) is 13.2. The SMILES string of the molecule is C=CCc1ccc(OCCCCn2c(CCCNC(=O)C(CC)CC)nc3ccccc32)c(OC)c1. The highest BCUT2D eigenvalue weighted by molar-refractivity contribution is 5.78. The Hall–Kier alpha value is -3.28. The Morgan fingerprint density at radius 1 is 1.11 bits per heavy atom. The van der Waals surface area contributed by atoms with Gasteiger partial charge in [-0.15, -0.1) is 6.58 Å². The minimum absolute atomic E-state index is 0.113. The highest BCUT2D eigenvalue weighted by Crippen LogP contribution is 2.28. The number of carbonyl (C=O) groups is 1. The zero-order chi connectivity index (χ0) is 25.8. The van der Waals surface area contributed by atoms with Crippen molar-refractivity contribution in [1.29, 1.82) is 0 Å². The van der Waals surface area contributed by atoms with E-state index in [4.69, 9.17) is 14.5 Å². The van der Waals surface area contributed by atoms with Crippen molar-refractivity contribution in [2.75, 3.05) is 20.3 Å². The van der Waals surface area contributed by atoms with Gasteiger partial charge >= 0.3 is 0 Å². The van der Waals surface area contributed by atoms with Gasteiger partial charge in [-0.05, 0) is 68.4 Å². The predicted octanol–water partition coefficient (Wildman–Crippen LogP) is 6.12. The zero-order valence-electron chi connectivity index (χ0n) is 22.1. The third-order valence-electron chi connectivity index (χ3n) is 6.61. The van der Waals surface area contributed by atoms with E-state index in [9.17, 15) is 4.79 Å². The van der Waals surface area contributed by atoms with Crippen LogP contribution >= 0.6 is 0 Å². The molecule has 3 rings (SSSR count). The molecule has 0 saturated heterocycles. The van der Waals surface area contributed by atoms with Crippen LogP contribution in [0.5, 0.6) is 11.5 Å². The number of methoxy groups -OCH3 is 1. The molecule has 0 bridgehead atoms. The smallest absolute Gasteiger partial charge is 0.223 e. The molecule has 0 fully saturated rings. The number of benzene rings is 2. The normalized spacial score (nSPS) is 11.1. The van der Waals surface area contributed by atoms with Gasteiger partial charge in [0.1, 0.15) is 5.82 Å². The van der Waals surface area contributed by atoms with Gasteiger partial charge in [-0.25, -0.2) is 4.98 Å². The van der Waals surface area contributed by atoms with Gasteiger partial charge in [0, 0.05) is 25.4 Å². The number of carbonyl (C=O) groups excluding carboxylic acids is 1. The summed E-state index contributed by atoms with van der Waals surface area (Å²) in [6.45, 7) is 10.1. The summed E-state index contributed by atoms with van der Waals surface area (Å²) in [5.74, 6) is 2.89. The first-order valence-electron chi connectivity index (χ1n) is 13.2. The average molecular weight is 492 g/mol. The van der Waals surface area contributed by atoms with Gasteiger partial charge in [-0.3, -0.25) is 4.79 Å². The number of hydrogen-bond acceptors (Lipinski definition) is 4. The molecule has 0 aliphatic heterocycles. The standard InChI is InChI=1S/C30H41N3O3/c1-5-13-23-17-18-27(28(22-23)35-4)36-21-11-10-20-33-26-15-9-8-14-25(26)32-29(33)16-12-19-31-30(34)24(6-2)7-3/h5,8-9,14-15,17-18,22,24H,1,6-7,10-13,16,19-21H2,2-4H3,(H,31,34). The molecule has 0 atom stereocenters. The molecule has 36 heavy (non-hydrogen) atoms. The van der Waals surface area contributed by atoms with E-state index in [1.165, 1.54) is 0 Å². The molecule has 6 heteroatoms. The van der Waals surface area contributed by atoms with E-state index in [1.54, 1.807) is 7.11 Å². The lowest BCUT2D eigenvalue weighted by Gasteiger charge is -2.14. The zero-order valence-corrected chi connectivity index (χ0v) is 22.1. The van der Waals surface area contributed by atoms with Crippen molar-refractivity contribution < 1.29 is 14.3 Å². The van der Waals surface area contributed by atoms with Crippen molar-refractivity contribution in [3.8, 4) is 11.5 Å². The van der Waals surface area contributed by atoms with Gasteiger partial charge in [-0.2, -0.15) is 0 Å². The highest BCUT2D eigenvalue weighted by Gasteiger charge is 2.14. The average Bonchev–Trinajstić information content (AvgIpc) is 3.25. The van der Waals surface area contributed by atoms with Crippen LogP contribution < -0.4 is 14.8 Å². The molecule has 1 aromatic heterocycles. The van der Waals surface area contributed by atoms with E-state index in [0.29, 0.717) is 13.2 Å². The van der Waals surface area contributed by atoms with E-state index in [-0.39, 0.29) is 11.8 Å². The number of aryl methyl sites for hydroxylation is 2. The number of unbranched alkanes of at least 4 members (excludes halogenated alkanes) is 1. The number of imidazole rings is 1. The lowest BCUT2D eigenvalue weighted by Crippen LogP contribution is -2.31. The Morgan fingerprint density at radius 2 is 1.92 bits per heavy atom. The summed E-state index contributed by atoms with van der Waals surface area (Å²) in [6, 6.07) is 14.3. The molecule has 0 unspecified atom stereocenters. The van der Waals surface area contributed by atoms with Crippen molar-refractivity contribution in [3.63, 3.8) is 0 Å². The Kier molecular flexibility index (Phi) is 10.9. The van der Waals surface area contributed by atoms with Crippen LogP contribution in [0.25, 0.3) is 11.0 Å². The third kappa shape index (κ3) is 7.36. The van der Waals surface area contributed by atoms with Crippen LogP contribution in [-0.2, 0) is 24.2 Å². The molecule has 0 saturated carbocycles. The van der Waals surface area contributed by atoms with Crippen LogP contribution in [0.2, 0.25) is 0 Å². The van der Waals surface area contributed by atoms with Crippen LogP contribution in [0.4, 0.5) is 0 Å². The van der Waals surface area contributed by atoms with Crippen LogP contribution in [0, 0.1) is 5.92 Å². The number of aromatic nitrogens is 2. The number of allylic oxidation sites excluding steroid dienone is 1. The Morgan fingerprint density at radius 3 is 2.67 bits per heavy atom. The number of nitrogens with zero attached hydrogens (tertiary/aromatic N) is 2. The molecule has 2 aromatic carbocycles. The summed E-state index contributed by atoms with van der Waals surface area (Å²) >= 11 is 0. The Bertz CT molecular complexity index is 1120. The summed E-state index contributed by atoms with van der Waals surface area (Å²) < 4.78 is 13.8. The molecule has 1 amide bonds. The molecule has 0 spiro atoms. The minimum atomic E-state index is 0.113. The number of rotatable bonds is 16. The van der Waals surface area contributed by atoms with Gasteiger partial charge in [-0.1, -0.05) is 38.1 Å². The van der Waals surface area contributed by atoms with E-state index < -0.39 is 0 Å². The van der Waals surface area contributed by atoms with Crippen LogP contribution in [0.3, 0.4) is 0 Å². The summed E-state index contributed by atoms with van der Waals surface area (Å²) in [6.07, 6.45) is 8.08. The molecule has 194 valence electrons. The summed E-state index contributed by atoms with van der Waals surface area (Å²) in [5.41, 5.74) is 3.34. The molecule has 1 N–H and O–H groups in total. The van der Waals surface area contributed by atoms with Crippen LogP contribution in [0.1, 0.15) is 57.3 Å². The molecule has 6 nitrogen and oxygen atoms in total. The number of fused-ring (bicyclic) bond motifs is 1. The van der Waals surface area contributed by atoms with Gasteiger partial charge in [0.15, 0.2) is 11.5 Å². The minimum Gasteiger partial charge on any atom is -0.493 e. The van der Waals surface area contributed by atoms with Crippen molar-refractivity contribution in [3.05, 3.63) is 66.5 Å². The molecule has 0 aliphatic rings. The first kappa shape index (κ1) is 27.3. The highest BCUT2D eigenvalue weighted by atomic mass is 16.5. The van der Waals surface area contributed by atoms with Gasteiger partial charge < -0.3 is 19.4 Å². The Labute approximate surface area is 215 Å². The lowest BCUT2D eigenvalue weighted by atomic mass is 10.0. The number of amides is 1. The van der Waals surface area contributed by atoms with Crippen molar-refractivity contribution in [2.24, 2.45) is 5.92 Å². The molecular formula is C30H41N3O3. The second kappa shape index (κ2) is 14.3. The molecule has 1 heterocycles. The lowest BCUT2D eigenvalue weighted by molar-refractivity contribution is -0.125. The number of hydrogen-bond donors (Lipinski definition) is 1. The molecular weight excluding hydrogens is 450 g/mol. The summed E-state index contributed by atoms with van der Waals surface area (Å²) in [5, 5.41) is 3.10. The van der Waals surface area contributed by atoms with Crippen LogP contribution in [-0.4, -0.2) is 35.7 Å². The second-order valence-electron chi connectivity index (χ2n) is 9.11. The fourth-order valence-corrected chi connectivity index (χ4v) is 4.51. The maximum Gasteiger partial charge on any atom is 0.223 e. The first-order chi connectivity index (χ1) is 17.6. The number of nitrogens with one attached hydrogen (secondary N) is 1. The van der Waals surface area contributed by atoms with E-state index in [1.807, 2.05) is 24.3 Å². The molecule has 0 radical (unpaired) electrons. The van der Waals surface area contributed by atoms with E-state index in [0.717, 1.165) is 85.4 Å². The third-order valence-corrected chi connectivity index (χ3v) is 6.61. The predicted molar refractivity (Wildman–Crippen MR) is 147 cm³/mol. The fourth-order valence-electron chi connectivity index (χ4n) is 4.51. The van der Waals surface area contributed by atoms with Gasteiger partial charge in [0.25, 0.3) is 0 Å². The maximum atomic E-state index is 12.3. The molecule has 0 aliphatic carbocycles. The van der Waals surface area contributed by atoms with E-state index >= 15 is 0 Å². The van der Waals surface area contributed by atoms with Crippen LogP contribution in [0.15, 0.2) is 55.1 Å². The quantitative estimate of drug-likeness (QED) is 0.194. The van der Waals surface area contributed by atoms with Crippen molar-refractivity contribution in [2.45, 2.75) is 65.3 Å². The number of para-hydroxylation sites is 2. The maximum absolute atomic E-state index is 12.3. The van der Waals surface area contributed by atoms with E-state index in [2.05, 4.69) is 54.6 Å². The summed E-state index contributed by atoms with van der Waals surface area (Å²) in [4.78, 5) is 17.1. The van der Waals surface area contributed by atoms with Gasteiger partial charge in [0.05, 0.1) is 24.8 Å². The Balaban J connectivity index is 1.53.